The molecule has 0 aromatic heterocycles. The van der Waals surface area contributed by atoms with Crippen LogP contribution >= 0.6 is 0 Å². The van der Waals surface area contributed by atoms with Gasteiger partial charge in [0, 0.05) is 0 Å². The van der Waals surface area contributed by atoms with E-state index in [0.29, 0.717) is 5.75 Å². The first kappa shape index (κ1) is 13.4. The predicted octanol–water partition coefficient (Wildman–Crippen LogP) is 3.08. The number of hydrogen-bond donors (Lipinski definition) is 1. The molecule has 0 radical (unpaired) electrons. The molecule has 0 fully saturated rings. The minimum atomic E-state index is -0.982. The highest BCUT2D eigenvalue weighted by molar-refractivity contribution is 5.27. The molecule has 0 bridgehead atoms. The third-order valence-electron chi connectivity index (χ3n) is 2.71. The molecule has 0 aliphatic heterocycles. The molecule has 2 rings (SSSR count). The molecule has 2 aromatic rings. The lowest BCUT2D eigenvalue weighted by atomic mass is 10.2. The smallest absolute Gasteiger partial charge is 0.231 e. The minimum Gasteiger partial charge on any atom is -0.487 e. The van der Waals surface area contributed by atoms with Gasteiger partial charge >= 0.3 is 0 Å². The highest BCUT2D eigenvalue weighted by Crippen LogP contribution is 2.14. The SMILES string of the molecule is Cc1ccc(OCC(O)Oc2ccc(C)cc2)cc1. The normalized spacial score (nSPS) is 11.9. The summed E-state index contributed by atoms with van der Waals surface area (Å²) in [6, 6.07) is 15.2. The second-order valence-corrected chi connectivity index (χ2v) is 4.51. The Bertz CT molecular complexity index is 503. The van der Waals surface area contributed by atoms with E-state index >= 15 is 0 Å². The standard InChI is InChI=1S/C16H18O3/c1-12-3-7-14(8-4-12)18-11-16(17)19-15-9-5-13(2)6-10-15/h3-10,16-17H,11H2,1-2H3. The van der Waals surface area contributed by atoms with E-state index in [1.807, 2.05) is 62.4 Å². The Hall–Kier alpha value is -2.00. The first-order valence-corrected chi connectivity index (χ1v) is 6.24. The maximum Gasteiger partial charge on any atom is 0.231 e. The number of rotatable bonds is 5. The Kier molecular flexibility index (Phi) is 4.42. The molecule has 1 atom stereocenters. The van der Waals surface area contributed by atoms with E-state index in [-0.39, 0.29) is 6.61 Å². The van der Waals surface area contributed by atoms with E-state index < -0.39 is 6.29 Å². The maximum absolute atomic E-state index is 9.74. The van der Waals surface area contributed by atoms with Crippen LogP contribution in [0.15, 0.2) is 48.5 Å². The van der Waals surface area contributed by atoms with Gasteiger partial charge in [0.2, 0.25) is 6.29 Å². The Balaban J connectivity index is 1.82. The number of benzene rings is 2. The van der Waals surface area contributed by atoms with Crippen LogP contribution in [0.1, 0.15) is 11.1 Å². The first-order valence-electron chi connectivity index (χ1n) is 6.24. The van der Waals surface area contributed by atoms with E-state index in [2.05, 4.69) is 0 Å². The van der Waals surface area contributed by atoms with Gasteiger partial charge in [-0.3, -0.25) is 0 Å². The van der Waals surface area contributed by atoms with Crippen molar-refractivity contribution in [2.24, 2.45) is 0 Å². The molecule has 19 heavy (non-hydrogen) atoms. The minimum absolute atomic E-state index is 0.0942. The van der Waals surface area contributed by atoms with Crippen LogP contribution in [0.4, 0.5) is 0 Å². The summed E-state index contributed by atoms with van der Waals surface area (Å²) < 4.78 is 10.8. The highest BCUT2D eigenvalue weighted by atomic mass is 16.6. The summed E-state index contributed by atoms with van der Waals surface area (Å²) in [4.78, 5) is 0. The van der Waals surface area contributed by atoms with Gasteiger partial charge in [-0.2, -0.15) is 0 Å². The first-order chi connectivity index (χ1) is 9.13. The van der Waals surface area contributed by atoms with Crippen LogP contribution < -0.4 is 9.47 Å². The van der Waals surface area contributed by atoms with E-state index in [1.165, 1.54) is 5.56 Å². The van der Waals surface area contributed by atoms with Crippen molar-refractivity contribution < 1.29 is 14.6 Å². The summed E-state index contributed by atoms with van der Waals surface area (Å²) in [5.74, 6) is 1.35. The van der Waals surface area contributed by atoms with Crippen molar-refractivity contribution in [3.05, 3.63) is 59.7 Å². The molecule has 0 amide bonds. The van der Waals surface area contributed by atoms with E-state index in [9.17, 15) is 5.11 Å². The van der Waals surface area contributed by atoms with Gasteiger partial charge in [0.25, 0.3) is 0 Å². The van der Waals surface area contributed by atoms with Gasteiger partial charge in [-0.15, -0.1) is 0 Å². The Morgan fingerprint density at radius 2 is 1.32 bits per heavy atom. The average molecular weight is 258 g/mol. The lowest BCUT2D eigenvalue weighted by Crippen LogP contribution is -2.24. The van der Waals surface area contributed by atoms with Crippen molar-refractivity contribution in [3.63, 3.8) is 0 Å². The zero-order valence-electron chi connectivity index (χ0n) is 11.2. The molecule has 0 aliphatic rings. The average Bonchev–Trinajstić information content (AvgIpc) is 2.41. The van der Waals surface area contributed by atoms with Gasteiger partial charge in [0.05, 0.1) is 0 Å². The summed E-state index contributed by atoms with van der Waals surface area (Å²) in [6.07, 6.45) is -0.982. The Morgan fingerprint density at radius 3 is 1.84 bits per heavy atom. The molecule has 0 spiro atoms. The van der Waals surface area contributed by atoms with Crippen molar-refractivity contribution in [3.8, 4) is 11.5 Å². The molecule has 3 nitrogen and oxygen atoms in total. The molecule has 0 aliphatic carbocycles. The monoisotopic (exact) mass is 258 g/mol. The zero-order valence-corrected chi connectivity index (χ0v) is 11.2. The Labute approximate surface area is 113 Å². The largest absolute Gasteiger partial charge is 0.487 e. The molecule has 3 heteroatoms. The van der Waals surface area contributed by atoms with Gasteiger partial charge in [-0.25, -0.2) is 0 Å². The third kappa shape index (κ3) is 4.30. The molecule has 1 unspecified atom stereocenters. The highest BCUT2D eigenvalue weighted by Gasteiger charge is 2.06. The van der Waals surface area contributed by atoms with Gasteiger partial charge in [-0.1, -0.05) is 35.4 Å². The predicted molar refractivity (Wildman–Crippen MR) is 74.5 cm³/mol. The van der Waals surface area contributed by atoms with Crippen molar-refractivity contribution in [1.29, 1.82) is 0 Å². The number of hydrogen-bond acceptors (Lipinski definition) is 3. The number of ether oxygens (including phenoxy) is 2. The maximum atomic E-state index is 9.74. The topological polar surface area (TPSA) is 38.7 Å². The summed E-state index contributed by atoms with van der Waals surface area (Å²) in [5.41, 5.74) is 2.32. The van der Waals surface area contributed by atoms with E-state index in [4.69, 9.17) is 9.47 Å². The van der Waals surface area contributed by atoms with Crippen molar-refractivity contribution in [1.82, 2.24) is 0 Å². The number of aliphatic hydroxyl groups excluding tert-OH is 1. The Morgan fingerprint density at radius 1 is 0.842 bits per heavy atom. The van der Waals surface area contributed by atoms with Crippen molar-refractivity contribution in [2.75, 3.05) is 6.61 Å². The zero-order chi connectivity index (χ0) is 13.7. The van der Waals surface area contributed by atoms with Crippen LogP contribution in [0.5, 0.6) is 11.5 Å². The van der Waals surface area contributed by atoms with Gasteiger partial charge in [-0.05, 0) is 38.1 Å². The van der Waals surface area contributed by atoms with E-state index in [1.54, 1.807) is 0 Å². The van der Waals surface area contributed by atoms with Gasteiger partial charge in [0.1, 0.15) is 11.5 Å². The molecule has 0 saturated carbocycles. The van der Waals surface area contributed by atoms with Crippen LogP contribution in [0.25, 0.3) is 0 Å². The van der Waals surface area contributed by atoms with Crippen LogP contribution in [0, 0.1) is 13.8 Å². The summed E-state index contributed by atoms with van der Waals surface area (Å²) in [5, 5.41) is 9.74. The molecule has 1 N–H and O–H groups in total. The van der Waals surface area contributed by atoms with Gasteiger partial charge in [0.15, 0.2) is 6.61 Å². The lowest BCUT2D eigenvalue weighted by Gasteiger charge is -2.14. The second kappa shape index (κ2) is 6.25. The third-order valence-corrected chi connectivity index (χ3v) is 2.71. The summed E-state index contributed by atoms with van der Waals surface area (Å²) in [7, 11) is 0. The van der Waals surface area contributed by atoms with Crippen LogP contribution in [-0.4, -0.2) is 18.0 Å². The van der Waals surface area contributed by atoms with Crippen LogP contribution in [0.2, 0.25) is 0 Å². The molecule has 100 valence electrons. The fourth-order valence-corrected chi connectivity index (χ4v) is 1.61. The molecular formula is C16H18O3. The molecular weight excluding hydrogens is 240 g/mol. The summed E-state index contributed by atoms with van der Waals surface area (Å²) >= 11 is 0. The van der Waals surface area contributed by atoms with Crippen molar-refractivity contribution >= 4 is 0 Å². The number of aliphatic hydroxyl groups is 1. The van der Waals surface area contributed by atoms with Gasteiger partial charge < -0.3 is 14.6 Å². The van der Waals surface area contributed by atoms with Crippen LogP contribution in [-0.2, 0) is 0 Å². The fraction of sp³-hybridized carbons (Fsp3) is 0.250. The molecule has 0 heterocycles. The van der Waals surface area contributed by atoms with E-state index in [0.717, 1.165) is 11.3 Å². The van der Waals surface area contributed by atoms with Crippen LogP contribution in [0.3, 0.4) is 0 Å². The lowest BCUT2D eigenvalue weighted by molar-refractivity contribution is -0.0478. The second-order valence-electron chi connectivity index (χ2n) is 4.51. The summed E-state index contributed by atoms with van der Waals surface area (Å²) in [6.45, 7) is 4.11. The number of aryl methyl sites for hydroxylation is 2. The quantitative estimate of drug-likeness (QED) is 0.838. The fourth-order valence-electron chi connectivity index (χ4n) is 1.61. The van der Waals surface area contributed by atoms with Crippen molar-refractivity contribution in [2.45, 2.75) is 20.1 Å². The molecule has 0 saturated heterocycles. The molecule has 2 aromatic carbocycles.